The standard InChI is InChI=1S/C29H23N5O2S/c1-2-27-25-15-9-10-16-26(25)29(32(30-27)22-11-5-3-6-12-22)33(23-13-7-4-8-14-23)31-28(37-29)21-17-19-24(20-18-21)34(35)36/h3-20H,2H2,1H3/t29-/m0/s1. The lowest BCUT2D eigenvalue weighted by Crippen LogP contribution is -2.53. The Bertz CT molecular complexity index is 1520. The van der Waals surface area contributed by atoms with Crippen molar-refractivity contribution in [2.45, 2.75) is 18.3 Å². The number of nitro groups is 1. The van der Waals surface area contributed by atoms with E-state index in [0.29, 0.717) is 0 Å². The van der Waals surface area contributed by atoms with Crippen LogP contribution in [0.25, 0.3) is 0 Å². The smallest absolute Gasteiger partial charge is 0.258 e. The first-order valence-electron chi connectivity index (χ1n) is 12.0. The van der Waals surface area contributed by atoms with Gasteiger partial charge in [0.2, 0.25) is 4.99 Å². The fourth-order valence-electron chi connectivity index (χ4n) is 4.74. The van der Waals surface area contributed by atoms with E-state index in [0.717, 1.165) is 45.2 Å². The van der Waals surface area contributed by atoms with Gasteiger partial charge in [0.05, 0.1) is 22.0 Å². The van der Waals surface area contributed by atoms with Crippen LogP contribution in [0.4, 0.5) is 17.1 Å². The fraction of sp³-hybridized carbons (Fsp3) is 0.103. The summed E-state index contributed by atoms with van der Waals surface area (Å²) in [6, 6.07) is 35.1. The van der Waals surface area contributed by atoms with Gasteiger partial charge in [0.25, 0.3) is 5.69 Å². The van der Waals surface area contributed by atoms with E-state index in [2.05, 4.69) is 42.3 Å². The van der Waals surface area contributed by atoms with Crippen molar-refractivity contribution in [3.63, 3.8) is 0 Å². The largest absolute Gasteiger partial charge is 0.269 e. The van der Waals surface area contributed by atoms with Crippen molar-refractivity contribution in [1.82, 2.24) is 0 Å². The third-order valence-corrected chi connectivity index (χ3v) is 7.84. The van der Waals surface area contributed by atoms with Crippen LogP contribution in [0.2, 0.25) is 0 Å². The van der Waals surface area contributed by atoms with Gasteiger partial charge in [-0.3, -0.25) is 10.1 Å². The Morgan fingerprint density at radius 2 is 1.35 bits per heavy atom. The third-order valence-electron chi connectivity index (χ3n) is 6.48. The summed E-state index contributed by atoms with van der Waals surface area (Å²) >= 11 is 1.59. The van der Waals surface area contributed by atoms with Crippen LogP contribution in [-0.2, 0) is 4.99 Å². The summed E-state index contributed by atoms with van der Waals surface area (Å²) in [6.45, 7) is 2.12. The number of rotatable bonds is 5. The highest BCUT2D eigenvalue weighted by Gasteiger charge is 2.55. The maximum Gasteiger partial charge on any atom is 0.269 e. The number of thioether (sulfide) groups is 1. The summed E-state index contributed by atoms with van der Waals surface area (Å²) in [5, 5.41) is 26.4. The average molecular weight is 506 g/mol. The molecule has 7 nitrogen and oxygen atoms in total. The molecule has 6 rings (SSSR count). The lowest BCUT2D eigenvalue weighted by molar-refractivity contribution is -0.384. The molecule has 0 radical (unpaired) electrons. The lowest BCUT2D eigenvalue weighted by Gasteiger charge is -2.47. The summed E-state index contributed by atoms with van der Waals surface area (Å²) < 4.78 is 0. The summed E-state index contributed by atoms with van der Waals surface area (Å²) in [4.78, 5) is 10.0. The van der Waals surface area contributed by atoms with Gasteiger partial charge in [-0.1, -0.05) is 67.6 Å². The second-order valence-electron chi connectivity index (χ2n) is 8.66. The molecule has 1 spiro atoms. The van der Waals surface area contributed by atoms with Crippen LogP contribution >= 0.6 is 11.8 Å². The topological polar surface area (TPSA) is 74.3 Å². The maximum absolute atomic E-state index is 11.2. The number of hydrogen-bond donors (Lipinski definition) is 0. The van der Waals surface area contributed by atoms with E-state index in [1.54, 1.807) is 23.9 Å². The summed E-state index contributed by atoms with van der Waals surface area (Å²) in [6.07, 6.45) is 0.780. The van der Waals surface area contributed by atoms with Crippen LogP contribution in [0.5, 0.6) is 0 Å². The number of hydrazone groups is 2. The molecule has 0 saturated heterocycles. The van der Waals surface area contributed by atoms with E-state index >= 15 is 0 Å². The van der Waals surface area contributed by atoms with Crippen LogP contribution in [-0.4, -0.2) is 15.7 Å². The van der Waals surface area contributed by atoms with Crippen molar-refractivity contribution in [2.24, 2.45) is 10.2 Å². The van der Waals surface area contributed by atoms with Gasteiger partial charge in [0.15, 0.2) is 0 Å². The number of nitrogens with zero attached hydrogens (tertiary/aromatic N) is 5. The predicted molar refractivity (Wildman–Crippen MR) is 150 cm³/mol. The molecule has 2 heterocycles. The van der Waals surface area contributed by atoms with Gasteiger partial charge < -0.3 is 0 Å². The molecule has 0 fully saturated rings. The van der Waals surface area contributed by atoms with Crippen molar-refractivity contribution in [2.75, 3.05) is 10.0 Å². The number of anilines is 2. The Balaban J connectivity index is 1.60. The molecule has 37 heavy (non-hydrogen) atoms. The molecule has 0 unspecified atom stereocenters. The highest BCUT2D eigenvalue weighted by molar-refractivity contribution is 8.15. The minimum atomic E-state index is -0.852. The molecular weight excluding hydrogens is 482 g/mol. The van der Waals surface area contributed by atoms with E-state index < -0.39 is 4.99 Å². The van der Waals surface area contributed by atoms with Gasteiger partial charge in [-0.2, -0.15) is 10.2 Å². The van der Waals surface area contributed by atoms with Crippen molar-refractivity contribution >= 4 is 39.6 Å². The molecule has 1 atom stereocenters. The zero-order valence-electron chi connectivity index (χ0n) is 20.1. The van der Waals surface area contributed by atoms with Gasteiger partial charge in [-0.25, -0.2) is 10.0 Å². The molecule has 8 heteroatoms. The SMILES string of the molecule is CCC1=NN(c2ccccc2)[C@@]2(SC(c3ccc([N+](=O)[O-])cc3)=NN2c2ccccc2)c2ccccc21. The van der Waals surface area contributed by atoms with Gasteiger partial charge in [0, 0.05) is 28.8 Å². The van der Waals surface area contributed by atoms with Crippen molar-refractivity contribution in [3.05, 3.63) is 136 Å². The van der Waals surface area contributed by atoms with E-state index in [4.69, 9.17) is 10.2 Å². The molecule has 0 amide bonds. The third kappa shape index (κ3) is 3.77. The number of hydrogen-bond acceptors (Lipinski definition) is 7. The number of benzene rings is 4. The molecule has 182 valence electrons. The van der Waals surface area contributed by atoms with E-state index in [1.807, 2.05) is 59.6 Å². The summed E-state index contributed by atoms with van der Waals surface area (Å²) in [7, 11) is 0. The average Bonchev–Trinajstić information content (AvgIpc) is 3.35. The fourth-order valence-corrected chi connectivity index (χ4v) is 6.14. The molecule has 0 saturated carbocycles. The maximum atomic E-state index is 11.2. The summed E-state index contributed by atoms with van der Waals surface area (Å²) in [5.74, 6) is 0. The molecular formula is C29H23N5O2S. The van der Waals surface area contributed by atoms with Gasteiger partial charge >= 0.3 is 0 Å². The quantitative estimate of drug-likeness (QED) is 0.217. The number of fused-ring (bicyclic) bond motifs is 2. The minimum absolute atomic E-state index is 0.0492. The van der Waals surface area contributed by atoms with Crippen LogP contribution in [0.3, 0.4) is 0 Å². The molecule has 0 bridgehead atoms. The molecule has 0 N–H and O–H groups in total. The number of nitro benzene ring substituents is 1. The number of para-hydroxylation sites is 2. The van der Waals surface area contributed by atoms with Crippen molar-refractivity contribution in [3.8, 4) is 0 Å². The first-order valence-corrected chi connectivity index (χ1v) is 12.8. The zero-order valence-corrected chi connectivity index (χ0v) is 20.9. The van der Waals surface area contributed by atoms with Crippen LogP contribution in [0.1, 0.15) is 30.0 Å². The molecule has 4 aromatic rings. The first kappa shape index (κ1) is 23.0. The Morgan fingerprint density at radius 3 is 1.95 bits per heavy atom. The van der Waals surface area contributed by atoms with Crippen molar-refractivity contribution < 1.29 is 4.92 Å². The Hall–Kier alpha value is -4.43. The van der Waals surface area contributed by atoms with Gasteiger partial charge in [-0.15, -0.1) is 0 Å². The molecule has 0 aliphatic carbocycles. The monoisotopic (exact) mass is 505 g/mol. The van der Waals surface area contributed by atoms with E-state index in [1.165, 1.54) is 12.1 Å². The lowest BCUT2D eigenvalue weighted by atomic mass is 9.96. The van der Waals surface area contributed by atoms with Crippen LogP contribution < -0.4 is 10.0 Å². The van der Waals surface area contributed by atoms with Crippen LogP contribution in [0.15, 0.2) is 119 Å². The molecule has 2 aliphatic heterocycles. The van der Waals surface area contributed by atoms with Gasteiger partial charge in [-0.05, 0) is 54.6 Å². The summed E-state index contributed by atoms with van der Waals surface area (Å²) in [5.41, 5.74) is 5.89. The highest BCUT2D eigenvalue weighted by atomic mass is 32.2. The minimum Gasteiger partial charge on any atom is -0.258 e. The second-order valence-corrected chi connectivity index (χ2v) is 9.82. The van der Waals surface area contributed by atoms with E-state index in [-0.39, 0.29) is 10.6 Å². The van der Waals surface area contributed by atoms with E-state index in [9.17, 15) is 10.1 Å². The zero-order chi connectivity index (χ0) is 25.4. The van der Waals surface area contributed by atoms with Gasteiger partial charge in [0.1, 0.15) is 5.04 Å². The molecule has 0 aromatic heterocycles. The predicted octanol–water partition coefficient (Wildman–Crippen LogP) is 6.95. The highest BCUT2D eigenvalue weighted by Crippen LogP contribution is 2.55. The normalized spacial score (nSPS) is 18.4. The molecule has 2 aliphatic rings. The molecule has 4 aromatic carbocycles. The Kier molecular flexibility index (Phi) is 5.73. The number of non-ortho nitro benzene ring substituents is 1. The Morgan fingerprint density at radius 1 is 0.784 bits per heavy atom. The Labute approximate surface area is 218 Å². The first-order chi connectivity index (χ1) is 18.1. The second kappa shape index (κ2) is 9.22. The van der Waals surface area contributed by atoms with Crippen LogP contribution in [0, 0.1) is 10.1 Å². The van der Waals surface area contributed by atoms with Crippen molar-refractivity contribution in [1.29, 1.82) is 0 Å².